The summed E-state index contributed by atoms with van der Waals surface area (Å²) in [6.45, 7) is 9.43. The van der Waals surface area contributed by atoms with E-state index in [0.717, 1.165) is 19.5 Å². The maximum Gasteiger partial charge on any atom is 0.173 e. The highest BCUT2D eigenvalue weighted by Crippen LogP contribution is 2.15. The first-order valence-electron chi connectivity index (χ1n) is 8.86. The van der Waals surface area contributed by atoms with E-state index in [1.54, 1.807) is 6.08 Å². The second-order valence-corrected chi connectivity index (χ2v) is 5.98. The Labute approximate surface area is 180 Å². The number of rotatable bonds is 5. The SMILES string of the molecule is C=CC.CCC[n+]1ccc(-c2cc[n+](Cc3ccccc3)cc2)cc1.[Br-].[Cl-]. The Morgan fingerprint density at radius 3 is 1.70 bits per heavy atom. The van der Waals surface area contributed by atoms with Gasteiger partial charge in [-0.15, -0.1) is 6.58 Å². The van der Waals surface area contributed by atoms with Crippen molar-refractivity contribution in [3.05, 3.63) is 97.6 Å². The fraction of sp³-hybridized carbons (Fsp3) is 0.217. The van der Waals surface area contributed by atoms with Crippen LogP contribution in [0.5, 0.6) is 0 Å². The van der Waals surface area contributed by atoms with E-state index >= 15 is 0 Å². The predicted octanol–water partition coefficient (Wildman–Crippen LogP) is -1.41. The Morgan fingerprint density at radius 1 is 0.815 bits per heavy atom. The van der Waals surface area contributed by atoms with Crippen molar-refractivity contribution >= 4 is 0 Å². The zero-order valence-electron chi connectivity index (χ0n) is 16.1. The van der Waals surface area contributed by atoms with E-state index in [0.29, 0.717) is 0 Å². The quantitative estimate of drug-likeness (QED) is 0.335. The number of hydrogen-bond donors (Lipinski definition) is 0. The van der Waals surface area contributed by atoms with Crippen LogP contribution in [0.15, 0.2) is 92.0 Å². The smallest absolute Gasteiger partial charge is 0.173 e. The average molecular weight is 448 g/mol. The lowest BCUT2D eigenvalue weighted by Crippen LogP contribution is -3.00. The summed E-state index contributed by atoms with van der Waals surface area (Å²) in [5, 5.41) is 0. The molecular weight excluding hydrogens is 420 g/mol. The van der Waals surface area contributed by atoms with Gasteiger partial charge < -0.3 is 29.4 Å². The number of pyridine rings is 2. The van der Waals surface area contributed by atoms with E-state index in [1.165, 1.54) is 16.7 Å². The molecule has 2 heterocycles. The Kier molecular flexibility index (Phi) is 13.1. The molecule has 0 amide bonds. The molecule has 0 spiro atoms. The maximum atomic E-state index is 3.36. The van der Waals surface area contributed by atoms with Crippen molar-refractivity contribution in [3.63, 3.8) is 0 Å². The fourth-order valence-corrected chi connectivity index (χ4v) is 2.61. The standard InChI is InChI=1S/C20H22N2.C3H6.BrH.ClH/c1-2-12-21-13-8-19(9-14-21)20-10-15-22(16-11-20)17-18-6-4-3-5-7-18;1-3-2;;/h3-11,13-16H,2,12,17H2,1H3;3H,1H2,2H3;2*1H/q+2;;;/p-2. The summed E-state index contributed by atoms with van der Waals surface area (Å²) in [6, 6.07) is 19.3. The van der Waals surface area contributed by atoms with Gasteiger partial charge in [-0.25, -0.2) is 9.13 Å². The lowest BCUT2D eigenvalue weighted by atomic mass is 10.1. The molecule has 4 heteroatoms. The third-order valence-electron chi connectivity index (χ3n) is 3.81. The largest absolute Gasteiger partial charge is 1.00 e. The summed E-state index contributed by atoms with van der Waals surface area (Å²) in [5.74, 6) is 0. The van der Waals surface area contributed by atoms with E-state index < -0.39 is 0 Å². The summed E-state index contributed by atoms with van der Waals surface area (Å²) in [4.78, 5) is 0. The Hall–Kier alpha value is -1.97. The molecule has 0 aliphatic carbocycles. The van der Waals surface area contributed by atoms with Gasteiger partial charge in [-0.1, -0.05) is 43.3 Å². The number of aromatic nitrogens is 2. The van der Waals surface area contributed by atoms with E-state index in [1.807, 2.05) is 6.92 Å². The number of aryl methyl sites for hydroxylation is 1. The van der Waals surface area contributed by atoms with Gasteiger partial charge in [-0.05, 0) is 18.1 Å². The van der Waals surface area contributed by atoms with Crippen molar-refractivity contribution in [1.29, 1.82) is 0 Å². The Bertz CT molecular complexity index is 757. The van der Waals surface area contributed by atoms with Crippen molar-refractivity contribution < 1.29 is 38.5 Å². The molecule has 3 aromatic rings. The molecule has 0 atom stereocenters. The van der Waals surface area contributed by atoms with Crippen molar-refractivity contribution in [2.75, 3.05) is 0 Å². The summed E-state index contributed by atoms with van der Waals surface area (Å²) in [7, 11) is 0. The Morgan fingerprint density at radius 2 is 1.26 bits per heavy atom. The monoisotopic (exact) mass is 446 g/mol. The first kappa shape index (κ1) is 25.0. The zero-order valence-corrected chi connectivity index (χ0v) is 18.4. The van der Waals surface area contributed by atoms with Crippen LogP contribution < -0.4 is 38.5 Å². The predicted molar refractivity (Wildman–Crippen MR) is 104 cm³/mol. The molecule has 0 N–H and O–H groups in total. The van der Waals surface area contributed by atoms with Crippen LogP contribution in [-0.2, 0) is 13.1 Å². The van der Waals surface area contributed by atoms with Gasteiger partial charge in [-0.3, -0.25) is 0 Å². The van der Waals surface area contributed by atoms with Crippen LogP contribution in [0.25, 0.3) is 11.1 Å². The van der Waals surface area contributed by atoms with E-state index in [-0.39, 0.29) is 29.4 Å². The third-order valence-corrected chi connectivity index (χ3v) is 3.81. The van der Waals surface area contributed by atoms with Gasteiger partial charge in [0.25, 0.3) is 0 Å². The lowest BCUT2D eigenvalue weighted by molar-refractivity contribution is -0.696. The van der Waals surface area contributed by atoms with Gasteiger partial charge in [0.2, 0.25) is 0 Å². The van der Waals surface area contributed by atoms with Gasteiger partial charge in [0.05, 0.1) is 0 Å². The van der Waals surface area contributed by atoms with Gasteiger partial charge in [0.1, 0.15) is 6.54 Å². The number of allylic oxidation sites excluding steroid dienone is 1. The molecule has 0 saturated heterocycles. The van der Waals surface area contributed by atoms with Crippen LogP contribution in [-0.4, -0.2) is 0 Å². The summed E-state index contributed by atoms with van der Waals surface area (Å²) in [5.41, 5.74) is 3.84. The highest BCUT2D eigenvalue weighted by Gasteiger charge is 2.06. The average Bonchev–Trinajstić information content (AvgIpc) is 2.65. The highest BCUT2D eigenvalue weighted by atomic mass is 79.9. The van der Waals surface area contributed by atoms with Gasteiger partial charge in [0.15, 0.2) is 31.3 Å². The molecule has 0 aliphatic rings. The lowest BCUT2D eigenvalue weighted by Gasteiger charge is -2.01. The maximum absolute atomic E-state index is 3.36. The minimum atomic E-state index is 0. The van der Waals surface area contributed by atoms with Crippen molar-refractivity contribution in [2.45, 2.75) is 33.4 Å². The molecule has 1 aromatic carbocycles. The molecule has 0 bridgehead atoms. The van der Waals surface area contributed by atoms with Crippen LogP contribution in [0, 0.1) is 0 Å². The van der Waals surface area contributed by atoms with E-state index in [2.05, 4.69) is 102 Å². The van der Waals surface area contributed by atoms with Crippen molar-refractivity contribution in [1.82, 2.24) is 0 Å². The minimum Gasteiger partial charge on any atom is -1.00 e. The number of hydrogen-bond acceptors (Lipinski definition) is 0. The first-order chi connectivity index (χ1) is 12.3. The van der Waals surface area contributed by atoms with Crippen LogP contribution in [0.1, 0.15) is 25.8 Å². The molecule has 2 aromatic heterocycles. The summed E-state index contributed by atoms with van der Waals surface area (Å²) >= 11 is 0. The molecule has 0 fully saturated rings. The summed E-state index contributed by atoms with van der Waals surface area (Å²) in [6.07, 6.45) is 11.5. The van der Waals surface area contributed by atoms with Gasteiger partial charge in [-0.2, -0.15) is 0 Å². The summed E-state index contributed by atoms with van der Waals surface area (Å²) < 4.78 is 4.43. The molecule has 27 heavy (non-hydrogen) atoms. The number of halogens is 2. The molecule has 0 saturated carbocycles. The van der Waals surface area contributed by atoms with Crippen LogP contribution in [0.2, 0.25) is 0 Å². The molecule has 0 radical (unpaired) electrons. The zero-order chi connectivity index (χ0) is 17.9. The number of benzene rings is 1. The normalized spacial score (nSPS) is 9.11. The third kappa shape index (κ3) is 8.51. The molecule has 2 nitrogen and oxygen atoms in total. The van der Waals surface area contributed by atoms with E-state index in [9.17, 15) is 0 Å². The Balaban J connectivity index is 0.00000127. The molecule has 3 rings (SSSR count). The molecule has 0 aliphatic heterocycles. The minimum absolute atomic E-state index is 0. The molecular formula is C23H28BrClN2. The second kappa shape index (κ2) is 14.1. The van der Waals surface area contributed by atoms with Crippen LogP contribution in [0.4, 0.5) is 0 Å². The topological polar surface area (TPSA) is 7.76 Å². The second-order valence-electron chi connectivity index (χ2n) is 5.98. The first-order valence-corrected chi connectivity index (χ1v) is 8.86. The fourth-order valence-electron chi connectivity index (χ4n) is 2.61. The van der Waals surface area contributed by atoms with Gasteiger partial charge >= 0.3 is 0 Å². The van der Waals surface area contributed by atoms with Crippen molar-refractivity contribution in [3.8, 4) is 11.1 Å². The number of nitrogens with zero attached hydrogens (tertiary/aromatic N) is 2. The molecule has 144 valence electrons. The molecule has 0 unspecified atom stereocenters. The highest BCUT2D eigenvalue weighted by molar-refractivity contribution is 5.60. The van der Waals surface area contributed by atoms with E-state index in [4.69, 9.17) is 0 Å². The van der Waals surface area contributed by atoms with Crippen LogP contribution in [0.3, 0.4) is 0 Å². The van der Waals surface area contributed by atoms with Gasteiger partial charge in [0, 0.05) is 36.2 Å². The van der Waals surface area contributed by atoms with Crippen molar-refractivity contribution in [2.24, 2.45) is 0 Å². The van der Waals surface area contributed by atoms with Crippen LogP contribution >= 0.6 is 0 Å².